The van der Waals surface area contributed by atoms with Crippen LogP contribution in [-0.2, 0) is 16.1 Å². The minimum Gasteiger partial charge on any atom is -0.352 e. The zero-order chi connectivity index (χ0) is 19.9. The van der Waals surface area contributed by atoms with E-state index in [1.807, 2.05) is 18.2 Å². The van der Waals surface area contributed by atoms with Crippen LogP contribution in [0, 0.1) is 23.2 Å². The molecule has 0 saturated heterocycles. The average Bonchev–Trinajstić information content (AvgIpc) is 2.73. The maximum Gasteiger partial charge on any atom is 0.227 e. The fourth-order valence-corrected chi connectivity index (χ4v) is 3.66. The van der Waals surface area contributed by atoms with Crippen LogP contribution in [0.5, 0.6) is 0 Å². The van der Waals surface area contributed by atoms with E-state index in [0.29, 0.717) is 48.5 Å². The van der Waals surface area contributed by atoms with Gasteiger partial charge in [-0.05, 0) is 61.6 Å². The van der Waals surface area contributed by atoms with E-state index in [-0.39, 0.29) is 23.7 Å². The molecule has 0 spiro atoms. The number of hydrogen-bond donors (Lipinski definition) is 2. The van der Waals surface area contributed by atoms with Crippen molar-refractivity contribution in [1.29, 1.82) is 5.26 Å². The van der Waals surface area contributed by atoms with Crippen LogP contribution < -0.4 is 10.6 Å². The van der Waals surface area contributed by atoms with Gasteiger partial charge < -0.3 is 10.6 Å². The highest BCUT2D eigenvalue weighted by molar-refractivity contribution is 6.31. The smallest absolute Gasteiger partial charge is 0.227 e. The van der Waals surface area contributed by atoms with Gasteiger partial charge in [0.15, 0.2) is 0 Å². The molecular weight excluding hydrogens is 374 g/mol. The lowest BCUT2D eigenvalue weighted by Gasteiger charge is -2.27. The van der Waals surface area contributed by atoms with Crippen molar-refractivity contribution < 1.29 is 9.59 Å². The Kier molecular flexibility index (Phi) is 6.67. The van der Waals surface area contributed by atoms with E-state index in [0.717, 1.165) is 5.56 Å². The molecule has 3 rings (SSSR count). The highest BCUT2D eigenvalue weighted by Gasteiger charge is 2.29. The van der Waals surface area contributed by atoms with Crippen LogP contribution in [0.25, 0.3) is 0 Å². The number of carbonyl (C=O) groups excluding carboxylic acids is 2. The van der Waals surface area contributed by atoms with E-state index >= 15 is 0 Å². The molecule has 0 bridgehead atoms. The molecule has 2 N–H and O–H groups in total. The van der Waals surface area contributed by atoms with Crippen molar-refractivity contribution in [2.24, 2.45) is 11.8 Å². The largest absolute Gasteiger partial charge is 0.352 e. The fraction of sp³-hybridized carbons (Fsp3) is 0.318. The maximum atomic E-state index is 12.5. The average molecular weight is 396 g/mol. The Morgan fingerprint density at radius 3 is 2.18 bits per heavy atom. The highest BCUT2D eigenvalue weighted by Crippen LogP contribution is 2.30. The van der Waals surface area contributed by atoms with Crippen LogP contribution >= 0.6 is 11.6 Å². The van der Waals surface area contributed by atoms with Crippen molar-refractivity contribution in [1.82, 2.24) is 5.32 Å². The molecule has 0 heterocycles. The third-order valence-corrected chi connectivity index (χ3v) is 5.53. The third-order valence-electron chi connectivity index (χ3n) is 5.16. The van der Waals surface area contributed by atoms with Crippen molar-refractivity contribution in [2.45, 2.75) is 32.2 Å². The lowest BCUT2D eigenvalue weighted by atomic mass is 9.81. The van der Waals surface area contributed by atoms with Crippen LogP contribution in [0.4, 0.5) is 5.69 Å². The van der Waals surface area contributed by atoms with Gasteiger partial charge in [0.05, 0.1) is 11.6 Å². The molecule has 2 aromatic rings. The minimum atomic E-state index is -0.0942. The molecule has 0 radical (unpaired) electrons. The molecule has 5 nitrogen and oxygen atoms in total. The second kappa shape index (κ2) is 9.38. The van der Waals surface area contributed by atoms with E-state index in [1.54, 1.807) is 30.3 Å². The molecule has 0 unspecified atom stereocenters. The first kappa shape index (κ1) is 19.9. The quantitative estimate of drug-likeness (QED) is 0.792. The summed E-state index contributed by atoms with van der Waals surface area (Å²) in [6, 6.07) is 16.3. The van der Waals surface area contributed by atoms with Gasteiger partial charge in [-0.2, -0.15) is 5.26 Å². The number of anilines is 1. The fourth-order valence-electron chi connectivity index (χ4n) is 3.46. The van der Waals surface area contributed by atoms with Crippen LogP contribution in [0.1, 0.15) is 36.8 Å². The summed E-state index contributed by atoms with van der Waals surface area (Å²) < 4.78 is 0. The summed E-state index contributed by atoms with van der Waals surface area (Å²) >= 11 is 6.12. The zero-order valence-electron chi connectivity index (χ0n) is 15.5. The number of rotatable bonds is 5. The zero-order valence-corrected chi connectivity index (χ0v) is 16.2. The number of halogens is 1. The van der Waals surface area contributed by atoms with Crippen molar-refractivity contribution in [3.05, 3.63) is 64.7 Å². The predicted octanol–water partition coefficient (Wildman–Crippen LogP) is 4.27. The van der Waals surface area contributed by atoms with E-state index in [1.165, 1.54) is 0 Å². The Labute approximate surface area is 169 Å². The summed E-state index contributed by atoms with van der Waals surface area (Å²) in [5.74, 6) is -0.171. The number of carbonyl (C=O) groups is 2. The number of hydrogen-bond acceptors (Lipinski definition) is 3. The molecule has 1 fully saturated rings. The molecule has 1 aliphatic rings. The number of nitrogens with zero attached hydrogens (tertiary/aromatic N) is 1. The normalized spacial score (nSPS) is 18.7. The summed E-state index contributed by atoms with van der Waals surface area (Å²) in [5, 5.41) is 15.3. The topological polar surface area (TPSA) is 82.0 Å². The van der Waals surface area contributed by atoms with Crippen molar-refractivity contribution in [3.63, 3.8) is 0 Å². The molecule has 0 atom stereocenters. The summed E-state index contributed by atoms with van der Waals surface area (Å²) in [4.78, 5) is 24.9. The van der Waals surface area contributed by atoms with Gasteiger partial charge in [0.2, 0.25) is 11.8 Å². The van der Waals surface area contributed by atoms with Crippen molar-refractivity contribution in [2.75, 3.05) is 5.32 Å². The molecule has 1 aliphatic carbocycles. The first-order chi connectivity index (χ1) is 13.6. The van der Waals surface area contributed by atoms with Crippen LogP contribution in [0.2, 0.25) is 5.02 Å². The maximum absolute atomic E-state index is 12.5. The Morgan fingerprint density at radius 2 is 1.57 bits per heavy atom. The molecule has 2 amide bonds. The van der Waals surface area contributed by atoms with Gasteiger partial charge in [0.1, 0.15) is 0 Å². The Hall–Kier alpha value is -2.84. The van der Waals surface area contributed by atoms with E-state index in [4.69, 9.17) is 16.9 Å². The number of nitriles is 1. The first-order valence-electron chi connectivity index (χ1n) is 9.39. The van der Waals surface area contributed by atoms with Crippen LogP contribution in [-0.4, -0.2) is 11.8 Å². The van der Waals surface area contributed by atoms with Gasteiger partial charge in [-0.3, -0.25) is 9.59 Å². The Balaban J connectivity index is 1.45. The summed E-state index contributed by atoms with van der Waals surface area (Å²) in [6.45, 7) is 0.414. The number of nitrogens with one attached hydrogen (secondary N) is 2. The summed E-state index contributed by atoms with van der Waals surface area (Å²) in [6.07, 6.45) is 2.76. The molecule has 1 saturated carbocycles. The SMILES string of the molecule is N#Cc1ccc(NC(=O)C2CCC(C(=O)NCc3ccccc3Cl)CC2)cc1. The molecule has 6 heteroatoms. The van der Waals surface area contributed by atoms with Crippen molar-refractivity contribution in [3.8, 4) is 6.07 Å². The Bertz CT molecular complexity index is 881. The first-order valence-corrected chi connectivity index (χ1v) is 9.76. The minimum absolute atomic E-state index is 0.0193. The van der Waals surface area contributed by atoms with Gasteiger partial charge in [0.25, 0.3) is 0 Å². The second-order valence-corrected chi connectivity index (χ2v) is 7.44. The molecule has 0 aliphatic heterocycles. The Morgan fingerprint density at radius 1 is 0.964 bits per heavy atom. The lowest BCUT2D eigenvalue weighted by molar-refractivity contribution is -0.128. The van der Waals surface area contributed by atoms with Gasteiger partial charge in [-0.1, -0.05) is 29.8 Å². The second-order valence-electron chi connectivity index (χ2n) is 7.04. The third kappa shape index (κ3) is 5.11. The van der Waals surface area contributed by atoms with Crippen LogP contribution in [0.3, 0.4) is 0 Å². The van der Waals surface area contributed by atoms with E-state index < -0.39 is 0 Å². The molecule has 28 heavy (non-hydrogen) atoms. The van der Waals surface area contributed by atoms with Gasteiger partial charge in [0, 0.05) is 29.1 Å². The predicted molar refractivity (Wildman–Crippen MR) is 109 cm³/mol. The molecule has 144 valence electrons. The highest BCUT2D eigenvalue weighted by atomic mass is 35.5. The molecular formula is C22H22ClN3O2. The summed E-state index contributed by atoms with van der Waals surface area (Å²) in [7, 11) is 0. The van der Waals surface area contributed by atoms with Gasteiger partial charge in [-0.15, -0.1) is 0 Å². The monoisotopic (exact) mass is 395 g/mol. The molecule has 0 aromatic heterocycles. The molecule has 2 aromatic carbocycles. The van der Waals surface area contributed by atoms with Crippen LogP contribution in [0.15, 0.2) is 48.5 Å². The van der Waals surface area contributed by atoms with Gasteiger partial charge >= 0.3 is 0 Å². The van der Waals surface area contributed by atoms with Crippen molar-refractivity contribution >= 4 is 29.1 Å². The van der Waals surface area contributed by atoms with E-state index in [2.05, 4.69) is 16.7 Å². The number of benzene rings is 2. The lowest BCUT2D eigenvalue weighted by Crippen LogP contribution is -2.35. The van der Waals surface area contributed by atoms with E-state index in [9.17, 15) is 9.59 Å². The summed E-state index contributed by atoms with van der Waals surface area (Å²) in [5.41, 5.74) is 2.14. The number of amides is 2. The van der Waals surface area contributed by atoms with Gasteiger partial charge in [-0.25, -0.2) is 0 Å². The standard InChI is InChI=1S/C22H22ClN3O2/c23-20-4-2-1-3-18(20)14-25-21(27)16-7-9-17(10-8-16)22(28)26-19-11-5-15(13-24)6-12-19/h1-6,11-12,16-17H,7-10,14H2,(H,25,27)(H,26,28).